The fourth-order valence-corrected chi connectivity index (χ4v) is 2.10. The van der Waals surface area contributed by atoms with Crippen LogP contribution in [0.3, 0.4) is 0 Å². The lowest BCUT2D eigenvalue weighted by Crippen LogP contribution is -2.47. The molecule has 0 spiro atoms. The van der Waals surface area contributed by atoms with E-state index in [4.69, 9.17) is 0 Å². The van der Waals surface area contributed by atoms with Crippen molar-refractivity contribution in [2.45, 2.75) is 25.8 Å². The number of nitrogens with one attached hydrogen (secondary N) is 1. The average molecular weight is 255 g/mol. The summed E-state index contributed by atoms with van der Waals surface area (Å²) in [5.41, 5.74) is -0.611. The molecule has 0 saturated heterocycles. The zero-order valence-corrected chi connectivity index (χ0v) is 9.88. The molecule has 0 aliphatic heterocycles. The monoisotopic (exact) mass is 255 g/mol. The number of aliphatic hydroxyl groups is 1. The summed E-state index contributed by atoms with van der Waals surface area (Å²) in [5, 5.41) is 11.8. The summed E-state index contributed by atoms with van der Waals surface area (Å²) in [5.74, 6) is -1.38. The smallest absolute Gasteiger partial charge is 0.228 e. The van der Waals surface area contributed by atoms with E-state index in [-0.39, 0.29) is 24.6 Å². The van der Waals surface area contributed by atoms with E-state index in [1.54, 1.807) is 0 Å². The summed E-state index contributed by atoms with van der Waals surface area (Å²) in [4.78, 5) is 11.9. The van der Waals surface area contributed by atoms with E-state index < -0.39 is 17.0 Å². The Morgan fingerprint density at radius 1 is 1.39 bits per heavy atom. The number of carbonyl (C=O) groups excluding carboxylic acids is 1. The molecule has 0 aromatic heterocycles. The van der Waals surface area contributed by atoms with Gasteiger partial charge in [0.05, 0.1) is 12.0 Å². The maximum absolute atomic E-state index is 13.3. The van der Waals surface area contributed by atoms with E-state index >= 15 is 0 Å². The molecule has 0 bridgehead atoms. The summed E-state index contributed by atoms with van der Waals surface area (Å²) in [7, 11) is 0. The van der Waals surface area contributed by atoms with E-state index in [0.29, 0.717) is 12.8 Å². The maximum atomic E-state index is 13.3. The van der Waals surface area contributed by atoms with Gasteiger partial charge < -0.3 is 10.4 Å². The molecule has 18 heavy (non-hydrogen) atoms. The van der Waals surface area contributed by atoms with Gasteiger partial charge in [0.15, 0.2) is 0 Å². The molecule has 2 rings (SSSR count). The largest absolute Gasteiger partial charge is 0.395 e. The fraction of sp³-hybridized carbons (Fsp3) is 0.462. The van der Waals surface area contributed by atoms with Crippen molar-refractivity contribution in [3.05, 3.63) is 35.4 Å². The number of hydrogen-bond acceptors (Lipinski definition) is 2. The van der Waals surface area contributed by atoms with Gasteiger partial charge >= 0.3 is 0 Å². The lowest BCUT2D eigenvalue weighted by Gasteiger charge is -2.38. The topological polar surface area (TPSA) is 49.3 Å². The van der Waals surface area contributed by atoms with E-state index in [1.807, 2.05) is 0 Å². The highest BCUT2D eigenvalue weighted by molar-refractivity contribution is 5.83. The van der Waals surface area contributed by atoms with Crippen LogP contribution in [0.2, 0.25) is 0 Å². The van der Waals surface area contributed by atoms with Gasteiger partial charge in [-0.1, -0.05) is 6.42 Å². The molecule has 1 amide bonds. The van der Waals surface area contributed by atoms with Crippen molar-refractivity contribution >= 4 is 5.91 Å². The highest BCUT2D eigenvalue weighted by Crippen LogP contribution is 2.40. The first-order valence-corrected chi connectivity index (χ1v) is 5.90. The Bertz CT molecular complexity index is 453. The predicted octanol–water partition coefficient (Wildman–Crippen LogP) is 1.74. The molecule has 1 aromatic carbocycles. The molecule has 5 heteroatoms. The van der Waals surface area contributed by atoms with Crippen LogP contribution in [-0.2, 0) is 11.3 Å². The van der Waals surface area contributed by atoms with Crippen molar-refractivity contribution in [1.29, 1.82) is 0 Å². The molecule has 0 unspecified atom stereocenters. The average Bonchev–Trinajstić information content (AvgIpc) is 2.29. The minimum atomic E-state index is -0.718. The molecule has 98 valence electrons. The number of aliphatic hydroxyl groups excluding tert-OH is 1. The van der Waals surface area contributed by atoms with Gasteiger partial charge in [-0.3, -0.25) is 4.79 Å². The van der Waals surface area contributed by atoms with Crippen molar-refractivity contribution in [2.24, 2.45) is 5.41 Å². The second kappa shape index (κ2) is 5.02. The first kappa shape index (κ1) is 13.0. The Kier molecular flexibility index (Phi) is 3.61. The van der Waals surface area contributed by atoms with Gasteiger partial charge in [-0.25, -0.2) is 8.78 Å². The number of amides is 1. The Balaban J connectivity index is 1.99. The number of benzene rings is 1. The second-order valence-electron chi connectivity index (χ2n) is 4.71. The number of hydrogen-bond donors (Lipinski definition) is 2. The summed E-state index contributed by atoms with van der Waals surface area (Å²) < 4.78 is 26.3. The molecule has 1 fully saturated rings. The molecular weight excluding hydrogens is 240 g/mol. The highest BCUT2D eigenvalue weighted by atomic mass is 19.1. The molecule has 0 radical (unpaired) electrons. The molecule has 1 saturated carbocycles. The Morgan fingerprint density at radius 3 is 2.67 bits per heavy atom. The lowest BCUT2D eigenvalue weighted by molar-refractivity contribution is -0.139. The van der Waals surface area contributed by atoms with Gasteiger partial charge in [-0.05, 0) is 31.0 Å². The molecule has 1 aliphatic rings. The van der Waals surface area contributed by atoms with Gasteiger partial charge in [-0.15, -0.1) is 0 Å². The van der Waals surface area contributed by atoms with Crippen molar-refractivity contribution < 1.29 is 18.7 Å². The summed E-state index contributed by atoms with van der Waals surface area (Å²) in [6.45, 7) is -0.269. The van der Waals surface area contributed by atoms with Crippen LogP contribution in [0.4, 0.5) is 8.78 Å². The van der Waals surface area contributed by atoms with E-state index in [2.05, 4.69) is 5.32 Å². The van der Waals surface area contributed by atoms with Crippen LogP contribution in [0.1, 0.15) is 24.8 Å². The van der Waals surface area contributed by atoms with Gasteiger partial charge in [0.25, 0.3) is 0 Å². The molecule has 3 nitrogen and oxygen atoms in total. The van der Waals surface area contributed by atoms with E-state index in [0.717, 1.165) is 24.6 Å². The third kappa shape index (κ3) is 2.36. The van der Waals surface area contributed by atoms with Crippen LogP contribution in [0.25, 0.3) is 0 Å². The van der Waals surface area contributed by atoms with Crippen LogP contribution in [-0.4, -0.2) is 17.6 Å². The molecule has 0 heterocycles. The molecule has 1 aromatic rings. The van der Waals surface area contributed by atoms with Crippen molar-refractivity contribution in [3.63, 3.8) is 0 Å². The minimum Gasteiger partial charge on any atom is -0.395 e. The summed E-state index contributed by atoms with van der Waals surface area (Å²) in [6, 6.07) is 3.12. The highest BCUT2D eigenvalue weighted by Gasteiger charge is 2.43. The molecule has 2 N–H and O–H groups in total. The number of rotatable bonds is 4. The van der Waals surface area contributed by atoms with Crippen molar-refractivity contribution in [1.82, 2.24) is 5.32 Å². The summed E-state index contributed by atoms with van der Waals surface area (Å²) in [6.07, 6.45) is 2.18. The van der Waals surface area contributed by atoms with Crippen LogP contribution in [0, 0.1) is 17.0 Å². The third-order valence-corrected chi connectivity index (χ3v) is 3.54. The fourth-order valence-electron chi connectivity index (χ4n) is 2.10. The van der Waals surface area contributed by atoms with Crippen LogP contribution < -0.4 is 5.32 Å². The van der Waals surface area contributed by atoms with Crippen molar-refractivity contribution in [3.8, 4) is 0 Å². The Labute approximate surface area is 104 Å². The maximum Gasteiger partial charge on any atom is 0.228 e. The van der Waals surface area contributed by atoms with E-state index in [1.165, 1.54) is 0 Å². The summed E-state index contributed by atoms with van der Waals surface area (Å²) >= 11 is 0. The Morgan fingerprint density at radius 2 is 2.11 bits per heavy atom. The Hall–Kier alpha value is -1.49. The van der Waals surface area contributed by atoms with Gasteiger partial charge in [-0.2, -0.15) is 0 Å². The van der Waals surface area contributed by atoms with Crippen LogP contribution >= 0.6 is 0 Å². The lowest BCUT2D eigenvalue weighted by atomic mass is 9.68. The normalized spacial score (nSPS) is 17.1. The quantitative estimate of drug-likeness (QED) is 0.861. The minimum absolute atomic E-state index is 0.0653. The van der Waals surface area contributed by atoms with Crippen molar-refractivity contribution in [2.75, 3.05) is 6.61 Å². The number of halogens is 2. The van der Waals surface area contributed by atoms with Crippen LogP contribution in [0.5, 0.6) is 0 Å². The zero-order valence-electron chi connectivity index (χ0n) is 9.88. The second-order valence-corrected chi connectivity index (χ2v) is 4.71. The molecular formula is C13H15F2NO2. The van der Waals surface area contributed by atoms with Gasteiger partial charge in [0, 0.05) is 12.1 Å². The number of carbonyl (C=O) groups is 1. The van der Waals surface area contributed by atoms with Crippen LogP contribution in [0.15, 0.2) is 18.2 Å². The predicted molar refractivity (Wildman–Crippen MR) is 61.6 cm³/mol. The SMILES string of the molecule is O=C(NCc1cc(F)ccc1F)C1(CO)CCC1. The van der Waals surface area contributed by atoms with E-state index in [9.17, 15) is 18.7 Å². The van der Waals surface area contributed by atoms with Gasteiger partial charge in [0.1, 0.15) is 11.6 Å². The first-order chi connectivity index (χ1) is 8.57. The van der Waals surface area contributed by atoms with Gasteiger partial charge in [0.2, 0.25) is 5.91 Å². The molecule has 0 atom stereocenters. The zero-order chi connectivity index (χ0) is 13.2. The first-order valence-electron chi connectivity index (χ1n) is 5.90. The third-order valence-electron chi connectivity index (χ3n) is 3.54. The molecule has 1 aliphatic carbocycles. The standard InChI is InChI=1S/C13H15F2NO2/c14-10-2-3-11(15)9(6-10)7-16-12(18)13(8-17)4-1-5-13/h2-3,6,17H,1,4-5,7-8H2,(H,16,18).